The van der Waals surface area contributed by atoms with Crippen molar-refractivity contribution in [3.05, 3.63) is 71.1 Å². The van der Waals surface area contributed by atoms with Gasteiger partial charge in [-0.05, 0) is 42.0 Å². The minimum Gasteiger partial charge on any atom is -0.340 e. The smallest absolute Gasteiger partial charge is 0.143 e. The summed E-state index contributed by atoms with van der Waals surface area (Å²) in [5, 5.41) is 6.92. The second kappa shape index (κ2) is 6.19. The number of hydrogen-bond donors (Lipinski definition) is 1. The van der Waals surface area contributed by atoms with Crippen LogP contribution < -0.4 is 5.32 Å². The summed E-state index contributed by atoms with van der Waals surface area (Å²) in [4.78, 5) is 9.59. The van der Waals surface area contributed by atoms with E-state index in [1.807, 2.05) is 29.6 Å². The number of nitrogens with zero attached hydrogens (tertiary/aromatic N) is 2. The van der Waals surface area contributed by atoms with Gasteiger partial charge in [0.2, 0.25) is 0 Å². The van der Waals surface area contributed by atoms with Crippen molar-refractivity contribution in [1.29, 1.82) is 0 Å². The van der Waals surface area contributed by atoms with Crippen LogP contribution in [0.4, 0.5) is 15.9 Å². The first-order chi connectivity index (χ1) is 11.7. The average molecular weight is 356 g/mol. The Hall–Kier alpha value is -2.50. The minimum absolute atomic E-state index is 0.256. The molecule has 2 aromatic carbocycles. The number of halogens is 2. The van der Waals surface area contributed by atoms with Crippen molar-refractivity contribution in [3.8, 4) is 11.1 Å². The number of benzene rings is 2. The maximum atomic E-state index is 13.2. The molecule has 0 unspecified atom stereocenters. The molecule has 0 saturated heterocycles. The van der Waals surface area contributed by atoms with Crippen molar-refractivity contribution in [3.63, 3.8) is 0 Å². The summed E-state index contributed by atoms with van der Waals surface area (Å²) in [5.41, 5.74) is 2.79. The zero-order valence-electron chi connectivity index (χ0n) is 12.3. The van der Waals surface area contributed by atoms with E-state index >= 15 is 0 Å². The van der Waals surface area contributed by atoms with E-state index in [9.17, 15) is 4.39 Å². The van der Waals surface area contributed by atoms with Gasteiger partial charge in [0.05, 0.1) is 5.39 Å². The fourth-order valence-electron chi connectivity index (χ4n) is 2.48. The van der Waals surface area contributed by atoms with Gasteiger partial charge in [0.1, 0.15) is 22.8 Å². The van der Waals surface area contributed by atoms with Gasteiger partial charge in [-0.25, -0.2) is 14.4 Å². The van der Waals surface area contributed by atoms with E-state index in [-0.39, 0.29) is 5.82 Å². The molecule has 0 aliphatic rings. The van der Waals surface area contributed by atoms with Gasteiger partial charge in [-0.15, -0.1) is 11.3 Å². The molecule has 2 heterocycles. The molecule has 0 radical (unpaired) electrons. The number of aromatic nitrogens is 2. The molecule has 4 rings (SSSR count). The Balaban J connectivity index is 1.82. The molecular formula is C18H11ClFN3S. The summed E-state index contributed by atoms with van der Waals surface area (Å²) in [6.45, 7) is 0. The average Bonchev–Trinajstić information content (AvgIpc) is 3.03. The highest BCUT2D eigenvalue weighted by atomic mass is 35.5. The molecule has 0 bridgehead atoms. The summed E-state index contributed by atoms with van der Waals surface area (Å²) < 4.78 is 13.2. The quantitative estimate of drug-likeness (QED) is 0.497. The molecule has 6 heteroatoms. The molecule has 0 aliphatic heterocycles. The van der Waals surface area contributed by atoms with Crippen LogP contribution >= 0.6 is 22.9 Å². The molecule has 0 amide bonds. The number of hydrogen-bond acceptors (Lipinski definition) is 4. The summed E-state index contributed by atoms with van der Waals surface area (Å²) in [7, 11) is 0. The van der Waals surface area contributed by atoms with Gasteiger partial charge in [0.15, 0.2) is 0 Å². The van der Waals surface area contributed by atoms with E-state index < -0.39 is 0 Å². The van der Waals surface area contributed by atoms with Gasteiger partial charge in [-0.3, -0.25) is 0 Å². The normalized spacial score (nSPS) is 10.9. The highest BCUT2D eigenvalue weighted by Crippen LogP contribution is 2.37. The molecule has 0 aliphatic carbocycles. The van der Waals surface area contributed by atoms with Gasteiger partial charge in [0, 0.05) is 21.7 Å². The molecule has 3 nitrogen and oxygen atoms in total. The second-order valence-electron chi connectivity index (χ2n) is 5.19. The van der Waals surface area contributed by atoms with Crippen LogP contribution in [0.2, 0.25) is 5.02 Å². The van der Waals surface area contributed by atoms with Crippen molar-refractivity contribution in [2.75, 3.05) is 5.32 Å². The molecule has 0 atom stereocenters. The van der Waals surface area contributed by atoms with Crippen molar-refractivity contribution >= 4 is 44.7 Å². The fourth-order valence-corrected chi connectivity index (χ4v) is 3.52. The first-order valence-corrected chi connectivity index (χ1v) is 8.47. The molecular weight excluding hydrogens is 345 g/mol. The first-order valence-electron chi connectivity index (χ1n) is 7.21. The van der Waals surface area contributed by atoms with Crippen molar-refractivity contribution < 1.29 is 4.39 Å². The van der Waals surface area contributed by atoms with E-state index in [4.69, 9.17) is 11.6 Å². The maximum absolute atomic E-state index is 13.2. The van der Waals surface area contributed by atoms with Gasteiger partial charge >= 0.3 is 0 Å². The van der Waals surface area contributed by atoms with E-state index in [2.05, 4.69) is 15.3 Å². The number of nitrogens with one attached hydrogen (secondary N) is 1. The van der Waals surface area contributed by atoms with Crippen LogP contribution in [0.15, 0.2) is 60.2 Å². The third-order valence-corrected chi connectivity index (χ3v) is 4.77. The third kappa shape index (κ3) is 2.84. The van der Waals surface area contributed by atoms with Gasteiger partial charge in [-0.2, -0.15) is 0 Å². The zero-order valence-corrected chi connectivity index (χ0v) is 13.9. The molecule has 0 saturated carbocycles. The highest BCUT2D eigenvalue weighted by molar-refractivity contribution is 7.17. The lowest BCUT2D eigenvalue weighted by Gasteiger charge is -2.08. The number of rotatable bonds is 3. The lowest BCUT2D eigenvalue weighted by molar-refractivity contribution is 0.628. The molecule has 24 heavy (non-hydrogen) atoms. The number of fused-ring (bicyclic) bond motifs is 1. The van der Waals surface area contributed by atoms with Crippen LogP contribution in [0.25, 0.3) is 21.3 Å². The highest BCUT2D eigenvalue weighted by Gasteiger charge is 2.13. The third-order valence-electron chi connectivity index (χ3n) is 3.63. The predicted octanol–water partition coefficient (Wildman–Crippen LogP) is 5.89. The number of anilines is 2. The Morgan fingerprint density at radius 2 is 1.71 bits per heavy atom. The van der Waals surface area contributed by atoms with E-state index in [0.717, 1.165) is 27.0 Å². The number of thiophene rings is 1. The fraction of sp³-hybridized carbons (Fsp3) is 0. The summed E-state index contributed by atoms with van der Waals surface area (Å²) in [6, 6.07) is 13.8. The zero-order chi connectivity index (χ0) is 16.5. The first kappa shape index (κ1) is 15.1. The molecule has 1 N–H and O–H groups in total. The standard InChI is InChI=1S/C18H11ClFN3S/c19-12-3-7-14(8-4-12)23-17-16-15(9-24-18(16)22-10-21-17)11-1-5-13(20)6-2-11/h1-10H,(H,21,22,23). The Morgan fingerprint density at radius 3 is 2.46 bits per heavy atom. The Kier molecular flexibility index (Phi) is 3.88. The summed E-state index contributed by atoms with van der Waals surface area (Å²) >= 11 is 7.46. The Bertz CT molecular complexity index is 997. The van der Waals surface area contributed by atoms with Crippen LogP contribution in [0.5, 0.6) is 0 Å². The van der Waals surface area contributed by atoms with Gasteiger partial charge in [-0.1, -0.05) is 23.7 Å². The second-order valence-corrected chi connectivity index (χ2v) is 6.49. The molecule has 0 spiro atoms. The molecule has 118 valence electrons. The van der Waals surface area contributed by atoms with Crippen LogP contribution in [-0.2, 0) is 0 Å². The van der Waals surface area contributed by atoms with Gasteiger partial charge in [0.25, 0.3) is 0 Å². The van der Waals surface area contributed by atoms with Crippen LogP contribution in [0.1, 0.15) is 0 Å². The molecule has 0 fully saturated rings. The van der Waals surface area contributed by atoms with E-state index in [0.29, 0.717) is 10.8 Å². The molecule has 4 aromatic rings. The van der Waals surface area contributed by atoms with Crippen LogP contribution in [0, 0.1) is 5.82 Å². The van der Waals surface area contributed by atoms with E-state index in [1.165, 1.54) is 29.8 Å². The monoisotopic (exact) mass is 355 g/mol. The topological polar surface area (TPSA) is 37.8 Å². The molecule has 2 aromatic heterocycles. The lowest BCUT2D eigenvalue weighted by Crippen LogP contribution is -1.95. The van der Waals surface area contributed by atoms with Gasteiger partial charge < -0.3 is 5.32 Å². The SMILES string of the molecule is Fc1ccc(-c2csc3ncnc(Nc4ccc(Cl)cc4)c23)cc1. The van der Waals surface area contributed by atoms with Crippen molar-refractivity contribution in [1.82, 2.24) is 9.97 Å². The van der Waals surface area contributed by atoms with Crippen LogP contribution in [0.3, 0.4) is 0 Å². The van der Waals surface area contributed by atoms with Crippen LogP contribution in [-0.4, -0.2) is 9.97 Å². The predicted molar refractivity (Wildman–Crippen MR) is 97.5 cm³/mol. The Morgan fingerprint density at radius 1 is 0.958 bits per heavy atom. The lowest BCUT2D eigenvalue weighted by atomic mass is 10.1. The van der Waals surface area contributed by atoms with Crippen molar-refractivity contribution in [2.24, 2.45) is 0 Å². The maximum Gasteiger partial charge on any atom is 0.143 e. The largest absolute Gasteiger partial charge is 0.340 e. The van der Waals surface area contributed by atoms with Crippen molar-refractivity contribution in [2.45, 2.75) is 0 Å². The van der Waals surface area contributed by atoms with E-state index in [1.54, 1.807) is 12.1 Å². The summed E-state index contributed by atoms with van der Waals surface area (Å²) in [6.07, 6.45) is 1.53. The Labute approximate surface area is 146 Å². The summed E-state index contributed by atoms with van der Waals surface area (Å²) in [5.74, 6) is 0.456. The minimum atomic E-state index is -0.256.